The molecule has 0 nitrogen and oxygen atoms in total. The molecule has 1 rings (SSSR count). The van der Waals surface area contributed by atoms with Crippen LogP contribution in [0, 0.1) is 0 Å². The lowest BCUT2D eigenvalue weighted by Gasteiger charge is -1.97. The molecule has 0 saturated carbocycles. The Morgan fingerprint density at radius 2 is 1.64 bits per heavy atom. The second kappa shape index (κ2) is 4.75. The van der Waals surface area contributed by atoms with Gasteiger partial charge in [-0.15, -0.1) is 0 Å². The van der Waals surface area contributed by atoms with Crippen molar-refractivity contribution in [2.45, 2.75) is 24.2 Å². The van der Waals surface area contributed by atoms with Crippen molar-refractivity contribution >= 4 is 0 Å². The molecule has 0 saturated heterocycles. The Labute approximate surface area is 82.2 Å². The number of hydrogen-bond donors (Lipinski definition) is 0. The van der Waals surface area contributed by atoms with E-state index < -0.39 is 0 Å². The van der Waals surface area contributed by atoms with Crippen LogP contribution in [0.4, 0.5) is 0 Å². The van der Waals surface area contributed by atoms with Gasteiger partial charge in [-0.1, -0.05) is 37.6 Å². The van der Waals surface area contributed by atoms with Crippen LogP contribution < -0.4 is 22.6 Å². The van der Waals surface area contributed by atoms with E-state index in [2.05, 4.69) is 53.8 Å². The summed E-state index contributed by atoms with van der Waals surface area (Å²) in [6.07, 6.45) is 2.46. The molecule has 0 spiro atoms. The van der Waals surface area contributed by atoms with Crippen LogP contribution in [-0.2, 0) is 10.8 Å². The van der Waals surface area contributed by atoms with E-state index in [1.807, 2.05) is 0 Å². The first-order valence-electron chi connectivity index (χ1n) is 4.02. The molecule has 1 aromatic rings. The summed E-state index contributed by atoms with van der Waals surface area (Å²) in [5.41, 5.74) is 2.90. The lowest BCUT2D eigenvalue weighted by atomic mass is 10.1. The van der Waals surface area contributed by atoms with Crippen molar-refractivity contribution in [3.8, 4) is 0 Å². The molecule has 0 aliphatic carbocycles. The Kier molecular flexibility index (Phi) is 3.91. The second-order valence-corrected chi connectivity index (χ2v) is 3.53. The van der Waals surface area contributed by atoms with E-state index in [0.717, 1.165) is 4.43 Å². The van der Waals surface area contributed by atoms with E-state index in [0.29, 0.717) is 0 Å². The van der Waals surface area contributed by atoms with Crippen molar-refractivity contribution in [3.63, 3.8) is 0 Å². The number of aryl methyl sites for hydroxylation is 1. The Morgan fingerprint density at radius 1 is 1.09 bits per heavy atom. The predicted molar refractivity (Wildman–Crippen MR) is 45.5 cm³/mol. The molecule has 1 heteroatoms. The molecule has 0 aliphatic heterocycles. The van der Waals surface area contributed by atoms with E-state index >= 15 is 0 Å². The van der Waals surface area contributed by atoms with Gasteiger partial charge in [0, 0.05) is 0 Å². The molecule has 0 unspecified atom stereocenters. The minimum absolute atomic E-state index is 1.16. The second-order valence-electron chi connectivity index (χ2n) is 2.71. The quantitative estimate of drug-likeness (QED) is 0.505. The van der Waals surface area contributed by atoms with Gasteiger partial charge in [0.05, 0.1) is 0 Å². The Balaban J connectivity index is 2.66. The summed E-state index contributed by atoms with van der Waals surface area (Å²) >= 11 is 2.12. The Bertz CT molecular complexity index is 201. The number of alkyl halides is 1. The van der Waals surface area contributed by atoms with Gasteiger partial charge >= 0.3 is 0 Å². The highest BCUT2D eigenvalue weighted by molar-refractivity contribution is 5.21. The minimum atomic E-state index is 1.16. The summed E-state index contributed by atoms with van der Waals surface area (Å²) in [6.45, 7) is 2.22. The average molecular weight is 261 g/mol. The normalized spacial score (nSPS) is 10.0. The SMILES string of the molecule is CCCc1ccc(C[IH+])cc1. The lowest BCUT2D eigenvalue weighted by molar-refractivity contribution is -0.386. The van der Waals surface area contributed by atoms with Gasteiger partial charge in [0.2, 0.25) is 0 Å². The van der Waals surface area contributed by atoms with E-state index in [1.54, 1.807) is 0 Å². The molecule has 60 valence electrons. The molecule has 0 heterocycles. The van der Waals surface area contributed by atoms with E-state index in [-0.39, 0.29) is 0 Å². The van der Waals surface area contributed by atoms with Crippen LogP contribution in [0.5, 0.6) is 0 Å². The van der Waals surface area contributed by atoms with Crippen LogP contribution >= 0.6 is 0 Å². The molecule has 0 aromatic heterocycles. The van der Waals surface area contributed by atoms with Gasteiger partial charge < -0.3 is 0 Å². The maximum Gasteiger partial charge on any atom is 0.257 e. The summed E-state index contributed by atoms with van der Waals surface area (Å²) in [7, 11) is 0. The molecule has 1 aromatic carbocycles. The Hall–Kier alpha value is -0.0500. The van der Waals surface area contributed by atoms with Crippen molar-refractivity contribution in [1.82, 2.24) is 0 Å². The average Bonchev–Trinajstić information content (AvgIpc) is 2.07. The van der Waals surface area contributed by atoms with Gasteiger partial charge in [-0.25, -0.2) is 0 Å². The zero-order valence-electron chi connectivity index (χ0n) is 6.84. The highest BCUT2D eigenvalue weighted by atomic mass is 127. The predicted octanol–water partition coefficient (Wildman–Crippen LogP) is -0.575. The van der Waals surface area contributed by atoms with Gasteiger partial charge in [0.1, 0.15) is 0 Å². The molecule has 0 aliphatic rings. The van der Waals surface area contributed by atoms with Crippen molar-refractivity contribution in [2.24, 2.45) is 0 Å². The highest BCUT2D eigenvalue weighted by Gasteiger charge is 1.94. The highest BCUT2D eigenvalue weighted by Crippen LogP contribution is 2.04. The molecule has 0 fully saturated rings. The monoisotopic (exact) mass is 261 g/mol. The molecular weight excluding hydrogens is 247 g/mol. The summed E-state index contributed by atoms with van der Waals surface area (Å²) in [5.74, 6) is 0. The first-order chi connectivity index (χ1) is 5.36. The van der Waals surface area contributed by atoms with Crippen LogP contribution in [0.25, 0.3) is 0 Å². The van der Waals surface area contributed by atoms with Gasteiger partial charge in [-0.05, 0) is 17.5 Å². The van der Waals surface area contributed by atoms with Crippen LogP contribution in [-0.4, -0.2) is 0 Å². The maximum atomic E-state index is 2.24. The molecule has 0 amide bonds. The first-order valence-corrected chi connectivity index (χ1v) is 5.67. The number of hydrogen-bond acceptors (Lipinski definition) is 0. The molecule has 0 atom stereocenters. The molecule has 0 radical (unpaired) electrons. The van der Waals surface area contributed by atoms with Crippen molar-refractivity contribution < 1.29 is 22.6 Å². The fourth-order valence-corrected chi connectivity index (χ4v) is 1.64. The van der Waals surface area contributed by atoms with E-state index in [4.69, 9.17) is 0 Å². The summed E-state index contributed by atoms with van der Waals surface area (Å²) < 4.78 is 1.16. The van der Waals surface area contributed by atoms with Crippen LogP contribution in [0.1, 0.15) is 24.5 Å². The lowest BCUT2D eigenvalue weighted by Crippen LogP contribution is -3.33. The molecular formula is C10H14I+. The van der Waals surface area contributed by atoms with Crippen LogP contribution in [0.2, 0.25) is 0 Å². The van der Waals surface area contributed by atoms with Gasteiger partial charge in [0.15, 0.2) is 4.43 Å². The van der Waals surface area contributed by atoms with Crippen molar-refractivity contribution in [2.75, 3.05) is 0 Å². The van der Waals surface area contributed by atoms with Gasteiger partial charge in [-0.2, -0.15) is 0 Å². The summed E-state index contributed by atoms with van der Waals surface area (Å²) in [6, 6.07) is 8.94. The fourth-order valence-electron chi connectivity index (χ4n) is 1.09. The van der Waals surface area contributed by atoms with Gasteiger partial charge in [0.25, 0.3) is 22.6 Å². The number of rotatable bonds is 3. The van der Waals surface area contributed by atoms with Crippen LogP contribution in [0.15, 0.2) is 24.3 Å². The fraction of sp³-hybridized carbons (Fsp3) is 0.400. The number of halogens is 1. The number of benzene rings is 1. The van der Waals surface area contributed by atoms with E-state index in [1.165, 1.54) is 24.0 Å². The zero-order valence-corrected chi connectivity index (χ0v) is 9.17. The Morgan fingerprint density at radius 3 is 2.09 bits per heavy atom. The zero-order chi connectivity index (χ0) is 8.10. The van der Waals surface area contributed by atoms with Crippen molar-refractivity contribution in [1.29, 1.82) is 0 Å². The summed E-state index contributed by atoms with van der Waals surface area (Å²) in [5, 5.41) is 0. The molecule has 11 heavy (non-hydrogen) atoms. The molecule has 0 bridgehead atoms. The minimum Gasteiger partial charge on any atom is -0.0651 e. The smallest absolute Gasteiger partial charge is 0.0651 e. The summed E-state index contributed by atoms with van der Waals surface area (Å²) in [4.78, 5) is 0. The third-order valence-corrected chi connectivity index (χ3v) is 2.68. The van der Waals surface area contributed by atoms with Gasteiger partial charge in [-0.3, -0.25) is 0 Å². The largest absolute Gasteiger partial charge is 0.257 e. The molecule has 0 N–H and O–H groups in total. The third-order valence-electron chi connectivity index (χ3n) is 1.73. The third kappa shape index (κ3) is 2.81. The van der Waals surface area contributed by atoms with Crippen molar-refractivity contribution in [3.05, 3.63) is 35.4 Å². The topological polar surface area (TPSA) is 0 Å². The van der Waals surface area contributed by atoms with E-state index in [9.17, 15) is 0 Å². The standard InChI is InChI=1S/C10H14I/c1-2-3-9-4-6-10(8-11)7-5-9/h4-7,11H,2-3,8H2,1H3/q+1. The first kappa shape index (κ1) is 9.04. The van der Waals surface area contributed by atoms with Crippen LogP contribution in [0.3, 0.4) is 0 Å². The maximum absolute atomic E-state index is 2.24.